The molecule has 0 N–H and O–H groups in total. The van der Waals surface area contributed by atoms with Crippen LogP contribution in [-0.4, -0.2) is 46.5 Å². The van der Waals surface area contributed by atoms with E-state index < -0.39 is 0 Å². The van der Waals surface area contributed by atoms with Crippen LogP contribution in [-0.2, 0) is 11.2 Å². The first-order chi connectivity index (χ1) is 8.13. The van der Waals surface area contributed by atoms with E-state index in [4.69, 9.17) is 0 Å². The zero-order valence-electron chi connectivity index (χ0n) is 9.66. The Kier molecular flexibility index (Phi) is 5.47. The number of carbonyl (C=O) groups is 1. The molecule has 0 aliphatic heterocycles. The minimum atomic E-state index is -0.287. The Morgan fingerprint density at radius 2 is 2.24 bits per heavy atom. The predicted molar refractivity (Wildman–Crippen MR) is 66.0 cm³/mol. The lowest BCUT2D eigenvalue weighted by Gasteiger charge is -2.09. The van der Waals surface area contributed by atoms with Crippen LogP contribution in [0, 0.1) is 4.91 Å². The van der Waals surface area contributed by atoms with Gasteiger partial charge < -0.3 is 4.90 Å². The molecule has 0 saturated heterocycles. The second-order valence-electron chi connectivity index (χ2n) is 3.35. The number of thioether (sulfide) groups is 1. The summed E-state index contributed by atoms with van der Waals surface area (Å²) in [5, 5.41) is 2.30. The third kappa shape index (κ3) is 4.85. The average Bonchev–Trinajstić information content (AvgIpc) is 2.30. The maximum atomic E-state index is 11.0. The summed E-state index contributed by atoms with van der Waals surface area (Å²) < 4.78 is 0. The Balaban J connectivity index is 2.44. The molecule has 92 valence electrons. The van der Waals surface area contributed by atoms with Crippen molar-refractivity contribution in [1.29, 1.82) is 0 Å². The molecule has 0 unspecified atom stereocenters. The third-order valence-electron chi connectivity index (χ3n) is 1.79. The van der Waals surface area contributed by atoms with Crippen molar-refractivity contribution in [3.8, 4) is 0 Å². The fraction of sp³-hybridized carbons (Fsp3) is 0.556. The van der Waals surface area contributed by atoms with E-state index in [1.54, 1.807) is 4.90 Å². The maximum absolute atomic E-state index is 11.0. The van der Waals surface area contributed by atoms with Gasteiger partial charge in [-0.05, 0) is 0 Å². The van der Waals surface area contributed by atoms with Crippen molar-refractivity contribution in [2.45, 2.75) is 6.42 Å². The molecule has 0 radical (unpaired) electrons. The Morgan fingerprint density at radius 1 is 1.47 bits per heavy atom. The molecule has 0 spiro atoms. The molecule has 1 aromatic heterocycles. The molecule has 7 nitrogen and oxygen atoms in total. The van der Waals surface area contributed by atoms with Gasteiger partial charge in [0.15, 0.2) is 0 Å². The van der Waals surface area contributed by atoms with Crippen molar-refractivity contribution < 1.29 is 4.79 Å². The number of hydrogen-bond acceptors (Lipinski definition) is 8. The van der Waals surface area contributed by atoms with Crippen molar-refractivity contribution in [2.75, 3.05) is 31.3 Å². The second-order valence-corrected chi connectivity index (χ2v) is 4.51. The Labute approximate surface area is 103 Å². The fourth-order valence-electron chi connectivity index (χ4n) is 1.01. The smallest absolute Gasteiger partial charge is 0.228 e. The van der Waals surface area contributed by atoms with Gasteiger partial charge in [0, 0.05) is 26.3 Å². The van der Waals surface area contributed by atoms with E-state index in [0.29, 0.717) is 23.9 Å². The first-order valence-corrected chi connectivity index (χ1v) is 5.92. The molecule has 0 aromatic carbocycles. The van der Waals surface area contributed by atoms with Gasteiger partial charge in [-0.15, -0.1) is 0 Å². The van der Waals surface area contributed by atoms with Crippen molar-refractivity contribution in [3.05, 3.63) is 17.1 Å². The number of anilines is 1. The van der Waals surface area contributed by atoms with E-state index in [1.165, 1.54) is 6.33 Å². The van der Waals surface area contributed by atoms with Gasteiger partial charge in [-0.3, -0.25) is 4.79 Å². The summed E-state index contributed by atoms with van der Waals surface area (Å²) in [6.45, 7) is -0.287. The number of hydrogen-bond donors (Lipinski definition) is 0. The minimum Gasteiger partial charge on any atom is -0.347 e. The van der Waals surface area contributed by atoms with Crippen molar-refractivity contribution in [1.82, 2.24) is 15.0 Å². The highest BCUT2D eigenvalue weighted by Gasteiger charge is 2.05. The summed E-state index contributed by atoms with van der Waals surface area (Å²) in [5.41, 5.74) is 0. The van der Waals surface area contributed by atoms with Crippen LogP contribution in [0.3, 0.4) is 0 Å². The Morgan fingerprint density at radius 3 is 2.88 bits per heavy atom. The zero-order valence-corrected chi connectivity index (χ0v) is 10.5. The first kappa shape index (κ1) is 13.5. The monoisotopic (exact) mass is 255 g/mol. The quantitative estimate of drug-likeness (QED) is 0.684. The molecule has 0 fully saturated rings. The summed E-state index contributed by atoms with van der Waals surface area (Å²) in [5.74, 6) is 1.74. The molecule has 0 aliphatic carbocycles. The normalized spacial score (nSPS) is 10.0. The maximum Gasteiger partial charge on any atom is 0.228 e. The Hall–Kier alpha value is -1.57. The van der Waals surface area contributed by atoms with E-state index in [2.05, 4.69) is 20.1 Å². The third-order valence-corrected chi connectivity index (χ3v) is 2.65. The number of aryl methyl sites for hydroxylation is 1. The van der Waals surface area contributed by atoms with Crippen LogP contribution < -0.4 is 4.90 Å². The predicted octanol–water partition coefficient (Wildman–Crippen LogP) is 0.506. The Bertz CT molecular complexity index is 399. The van der Waals surface area contributed by atoms with Gasteiger partial charge in [-0.2, -0.15) is 9.89 Å². The van der Waals surface area contributed by atoms with Gasteiger partial charge in [0.05, 0.1) is 0 Å². The summed E-state index contributed by atoms with van der Waals surface area (Å²) in [6.07, 6.45) is 2.00. The molecule has 1 heterocycles. The SMILES string of the molecule is CN(C)c1ncnc(CCSC(=O)CN=O)n1. The summed E-state index contributed by atoms with van der Waals surface area (Å²) in [7, 11) is 3.68. The van der Waals surface area contributed by atoms with E-state index in [9.17, 15) is 9.70 Å². The first-order valence-electron chi connectivity index (χ1n) is 4.93. The number of carbonyl (C=O) groups excluding carboxylic acids is 1. The van der Waals surface area contributed by atoms with Gasteiger partial charge in [0.2, 0.25) is 11.1 Å². The largest absolute Gasteiger partial charge is 0.347 e. The molecule has 0 atom stereocenters. The highest BCUT2D eigenvalue weighted by atomic mass is 32.2. The lowest BCUT2D eigenvalue weighted by molar-refractivity contribution is -0.109. The topological polar surface area (TPSA) is 88.4 Å². The summed E-state index contributed by atoms with van der Waals surface area (Å²) in [4.78, 5) is 34.8. The highest BCUT2D eigenvalue weighted by Crippen LogP contribution is 2.07. The molecule has 0 bridgehead atoms. The second kappa shape index (κ2) is 6.89. The molecule has 1 aromatic rings. The molecule has 0 saturated carbocycles. The minimum absolute atomic E-state index is 0.234. The van der Waals surface area contributed by atoms with Gasteiger partial charge >= 0.3 is 0 Å². The summed E-state index contributed by atoms with van der Waals surface area (Å²) in [6, 6.07) is 0. The molecule has 0 amide bonds. The molecule has 8 heteroatoms. The van der Waals surface area contributed by atoms with E-state index >= 15 is 0 Å². The standard InChI is InChI=1S/C9H13N5O2S/c1-14(2)9-11-6-10-7(13-9)3-4-17-8(15)5-12-16/h6H,3-5H2,1-2H3. The van der Waals surface area contributed by atoms with Gasteiger partial charge in [0.1, 0.15) is 18.7 Å². The highest BCUT2D eigenvalue weighted by molar-refractivity contribution is 8.13. The number of nitrogens with zero attached hydrogens (tertiary/aromatic N) is 5. The summed E-state index contributed by atoms with van der Waals surface area (Å²) >= 11 is 1.06. The molecular weight excluding hydrogens is 242 g/mol. The number of nitroso groups, excluding NO2 is 1. The van der Waals surface area contributed by atoms with Crippen LogP contribution in [0.2, 0.25) is 0 Å². The van der Waals surface area contributed by atoms with Crippen LogP contribution >= 0.6 is 11.8 Å². The molecule has 1 rings (SSSR count). The molecule has 17 heavy (non-hydrogen) atoms. The van der Waals surface area contributed by atoms with Crippen molar-refractivity contribution in [2.24, 2.45) is 5.18 Å². The number of rotatable bonds is 6. The fourth-order valence-corrected chi connectivity index (χ4v) is 1.67. The van der Waals surface area contributed by atoms with E-state index in [-0.39, 0.29) is 11.7 Å². The van der Waals surface area contributed by atoms with Crippen LogP contribution in [0.1, 0.15) is 5.82 Å². The van der Waals surface area contributed by atoms with Crippen LogP contribution in [0.25, 0.3) is 0 Å². The molecular formula is C9H13N5O2S. The van der Waals surface area contributed by atoms with E-state index in [0.717, 1.165) is 11.8 Å². The van der Waals surface area contributed by atoms with Gasteiger partial charge in [-0.25, -0.2) is 9.97 Å². The van der Waals surface area contributed by atoms with Crippen LogP contribution in [0.5, 0.6) is 0 Å². The van der Waals surface area contributed by atoms with Gasteiger partial charge in [0.25, 0.3) is 0 Å². The zero-order chi connectivity index (χ0) is 12.7. The van der Waals surface area contributed by atoms with Crippen molar-refractivity contribution >= 4 is 22.8 Å². The van der Waals surface area contributed by atoms with E-state index in [1.807, 2.05) is 14.1 Å². The lowest BCUT2D eigenvalue weighted by atomic mass is 10.4. The average molecular weight is 255 g/mol. The van der Waals surface area contributed by atoms with Gasteiger partial charge in [-0.1, -0.05) is 16.9 Å². The molecule has 0 aliphatic rings. The lowest BCUT2D eigenvalue weighted by Crippen LogP contribution is -2.14. The number of aromatic nitrogens is 3. The van der Waals surface area contributed by atoms with Crippen molar-refractivity contribution in [3.63, 3.8) is 0 Å². The van der Waals surface area contributed by atoms with Crippen LogP contribution in [0.4, 0.5) is 5.95 Å². The van der Waals surface area contributed by atoms with Crippen LogP contribution in [0.15, 0.2) is 11.5 Å².